The van der Waals surface area contributed by atoms with E-state index in [2.05, 4.69) is 10.3 Å². The van der Waals surface area contributed by atoms with Crippen LogP contribution in [0.3, 0.4) is 0 Å². The largest absolute Gasteiger partial charge is 0.490 e. The minimum atomic E-state index is -0.576. The molecule has 0 aliphatic carbocycles. The van der Waals surface area contributed by atoms with E-state index in [4.69, 9.17) is 28.7 Å². The number of rotatable bonds is 6. The van der Waals surface area contributed by atoms with Crippen LogP contribution in [0, 0.1) is 0 Å². The van der Waals surface area contributed by atoms with Gasteiger partial charge in [0.05, 0.1) is 49.5 Å². The van der Waals surface area contributed by atoms with Gasteiger partial charge in [-0.25, -0.2) is 9.97 Å². The zero-order valence-corrected chi connectivity index (χ0v) is 20.8. The van der Waals surface area contributed by atoms with Crippen LogP contribution in [0.1, 0.15) is 24.6 Å². The maximum absolute atomic E-state index is 11.6. The number of fused-ring (bicyclic) bond motifs is 3. The minimum absolute atomic E-state index is 0.172. The van der Waals surface area contributed by atoms with Gasteiger partial charge in [-0.05, 0) is 6.07 Å². The van der Waals surface area contributed by atoms with Crippen LogP contribution < -0.4 is 10.1 Å². The molecule has 1 unspecified atom stereocenters. The number of aryl methyl sites for hydroxylation is 1. The molecule has 0 aromatic carbocycles. The summed E-state index contributed by atoms with van der Waals surface area (Å²) >= 11 is 0. The molecule has 2 saturated heterocycles. The number of hydrogen-bond acceptors (Lipinski definition) is 8. The Balaban J connectivity index is 1.49. The van der Waals surface area contributed by atoms with Gasteiger partial charge in [0, 0.05) is 69.3 Å². The molecule has 36 heavy (non-hydrogen) atoms. The number of nitrogens with one attached hydrogen (secondary N) is 1. The van der Waals surface area contributed by atoms with Crippen LogP contribution in [0.15, 0.2) is 24.5 Å². The highest BCUT2D eigenvalue weighted by Gasteiger charge is 2.45. The van der Waals surface area contributed by atoms with Crippen molar-refractivity contribution in [2.75, 3.05) is 52.1 Å². The molecule has 2 fully saturated rings. The SMILES string of the molecule is COC1(COc2cc(-c3cn(C)c4cnc(NC(C)=O)cc34)nc3c2CCOC32CCOC2)COC1. The number of carbonyl (C=O) groups is 1. The molecule has 1 amide bonds. The Morgan fingerprint density at radius 3 is 2.78 bits per heavy atom. The molecule has 6 rings (SSSR count). The smallest absolute Gasteiger partial charge is 0.222 e. The molecule has 190 valence electrons. The number of nitrogens with zero attached hydrogens (tertiary/aromatic N) is 3. The lowest BCUT2D eigenvalue weighted by Gasteiger charge is -2.40. The molecule has 10 heteroatoms. The van der Waals surface area contributed by atoms with Crippen molar-refractivity contribution in [3.05, 3.63) is 35.8 Å². The summed E-state index contributed by atoms with van der Waals surface area (Å²) in [6.45, 7) is 4.56. The fourth-order valence-corrected chi connectivity index (χ4v) is 5.23. The molecule has 1 N–H and O–H groups in total. The number of aromatic nitrogens is 3. The van der Waals surface area contributed by atoms with Gasteiger partial charge in [-0.1, -0.05) is 0 Å². The molecular formula is C26H30N4O6. The summed E-state index contributed by atoms with van der Waals surface area (Å²) < 4.78 is 31.6. The molecule has 3 aliphatic rings. The maximum atomic E-state index is 11.6. The lowest BCUT2D eigenvalue weighted by Crippen LogP contribution is -2.55. The van der Waals surface area contributed by atoms with E-state index >= 15 is 0 Å². The predicted molar refractivity (Wildman–Crippen MR) is 131 cm³/mol. The van der Waals surface area contributed by atoms with E-state index in [0.29, 0.717) is 51.9 Å². The van der Waals surface area contributed by atoms with E-state index in [1.54, 1.807) is 13.3 Å². The van der Waals surface area contributed by atoms with Crippen LogP contribution in [0.4, 0.5) is 5.82 Å². The van der Waals surface area contributed by atoms with Gasteiger partial charge in [-0.15, -0.1) is 0 Å². The van der Waals surface area contributed by atoms with Gasteiger partial charge >= 0.3 is 0 Å². The van der Waals surface area contributed by atoms with Crippen LogP contribution in [0.25, 0.3) is 22.2 Å². The average molecular weight is 495 g/mol. The van der Waals surface area contributed by atoms with Crippen LogP contribution in [-0.2, 0) is 42.8 Å². The topological polar surface area (TPSA) is 106 Å². The number of pyridine rings is 2. The lowest BCUT2D eigenvalue weighted by molar-refractivity contribution is -0.208. The highest BCUT2D eigenvalue weighted by molar-refractivity contribution is 5.98. The standard InChI is InChI=1S/C26H30N4O6/c1-16(31)28-23-8-18-19(11-30(2)21(18)10-27-23)20-9-22(35-14-25(32-3)12-34-13-25)17-4-6-36-26(24(17)29-20)5-7-33-15-26/h8-11H,4-7,12-15H2,1-3H3,(H,27,28,31). The Hall–Kier alpha value is -3.05. The first kappa shape index (κ1) is 23.4. The first-order valence-corrected chi connectivity index (χ1v) is 12.2. The molecule has 1 atom stereocenters. The maximum Gasteiger partial charge on any atom is 0.222 e. The van der Waals surface area contributed by atoms with Crippen molar-refractivity contribution in [3.8, 4) is 17.0 Å². The van der Waals surface area contributed by atoms with Gasteiger partial charge in [0.2, 0.25) is 5.91 Å². The van der Waals surface area contributed by atoms with Crippen LogP contribution in [0.5, 0.6) is 5.75 Å². The quantitative estimate of drug-likeness (QED) is 0.558. The van der Waals surface area contributed by atoms with Crippen molar-refractivity contribution < 1.29 is 28.5 Å². The highest BCUT2D eigenvalue weighted by Crippen LogP contribution is 2.44. The summed E-state index contributed by atoms with van der Waals surface area (Å²) in [5.41, 5.74) is 3.54. The highest BCUT2D eigenvalue weighted by atomic mass is 16.6. The van der Waals surface area contributed by atoms with Crippen molar-refractivity contribution in [2.24, 2.45) is 7.05 Å². The molecule has 6 heterocycles. The summed E-state index contributed by atoms with van der Waals surface area (Å²) in [5.74, 6) is 1.10. The van der Waals surface area contributed by atoms with Gasteiger partial charge in [-0.2, -0.15) is 0 Å². The van der Waals surface area contributed by atoms with Crippen molar-refractivity contribution in [1.82, 2.24) is 14.5 Å². The van der Waals surface area contributed by atoms with Gasteiger partial charge in [0.25, 0.3) is 0 Å². The number of methoxy groups -OCH3 is 1. The summed E-state index contributed by atoms with van der Waals surface area (Å²) in [7, 11) is 3.66. The van der Waals surface area contributed by atoms with Crippen molar-refractivity contribution in [1.29, 1.82) is 0 Å². The molecule has 0 bridgehead atoms. The molecule has 0 radical (unpaired) electrons. The average Bonchev–Trinajstić information content (AvgIpc) is 3.43. The van der Waals surface area contributed by atoms with Crippen LogP contribution in [-0.4, -0.2) is 72.8 Å². The second-order valence-corrected chi connectivity index (χ2v) is 9.82. The Bertz CT molecular complexity index is 1320. The molecular weight excluding hydrogens is 464 g/mol. The fourth-order valence-electron chi connectivity index (χ4n) is 5.23. The third kappa shape index (κ3) is 3.85. The lowest BCUT2D eigenvalue weighted by atomic mass is 9.89. The molecule has 3 aromatic heterocycles. The van der Waals surface area contributed by atoms with E-state index in [9.17, 15) is 4.79 Å². The Kier molecular flexibility index (Phi) is 5.71. The van der Waals surface area contributed by atoms with Crippen molar-refractivity contribution in [2.45, 2.75) is 31.0 Å². The summed E-state index contributed by atoms with van der Waals surface area (Å²) in [6.07, 6.45) is 5.24. The first-order valence-electron chi connectivity index (χ1n) is 12.2. The monoisotopic (exact) mass is 494 g/mol. The summed E-state index contributed by atoms with van der Waals surface area (Å²) in [6, 6.07) is 3.88. The predicted octanol–water partition coefficient (Wildman–Crippen LogP) is 2.58. The summed E-state index contributed by atoms with van der Waals surface area (Å²) in [4.78, 5) is 21.2. The van der Waals surface area contributed by atoms with E-state index in [1.165, 1.54) is 6.92 Å². The second kappa shape index (κ2) is 8.81. The zero-order chi connectivity index (χ0) is 24.9. The number of amides is 1. The zero-order valence-electron chi connectivity index (χ0n) is 20.8. The van der Waals surface area contributed by atoms with E-state index in [0.717, 1.165) is 45.6 Å². The van der Waals surface area contributed by atoms with Gasteiger partial charge in [0.15, 0.2) is 0 Å². The molecule has 0 saturated carbocycles. The number of ether oxygens (including phenoxy) is 5. The van der Waals surface area contributed by atoms with Gasteiger partial charge < -0.3 is 33.6 Å². The normalized spacial score (nSPS) is 22.4. The minimum Gasteiger partial charge on any atom is -0.490 e. The number of carbonyl (C=O) groups excluding carboxylic acids is 1. The Morgan fingerprint density at radius 1 is 1.22 bits per heavy atom. The first-order chi connectivity index (χ1) is 17.4. The third-order valence-corrected chi connectivity index (χ3v) is 7.34. The van der Waals surface area contributed by atoms with Gasteiger partial charge in [-0.3, -0.25) is 4.79 Å². The van der Waals surface area contributed by atoms with E-state index in [1.807, 2.05) is 29.9 Å². The summed E-state index contributed by atoms with van der Waals surface area (Å²) in [5, 5.41) is 3.71. The third-order valence-electron chi connectivity index (χ3n) is 7.34. The van der Waals surface area contributed by atoms with E-state index in [-0.39, 0.29) is 5.91 Å². The Morgan fingerprint density at radius 2 is 2.08 bits per heavy atom. The van der Waals surface area contributed by atoms with E-state index < -0.39 is 11.2 Å². The van der Waals surface area contributed by atoms with Crippen molar-refractivity contribution in [3.63, 3.8) is 0 Å². The second-order valence-electron chi connectivity index (χ2n) is 9.82. The molecule has 3 aromatic rings. The van der Waals surface area contributed by atoms with Crippen LogP contribution >= 0.6 is 0 Å². The number of anilines is 1. The van der Waals surface area contributed by atoms with Gasteiger partial charge in [0.1, 0.15) is 29.4 Å². The number of hydrogen-bond donors (Lipinski definition) is 1. The van der Waals surface area contributed by atoms with Crippen LogP contribution in [0.2, 0.25) is 0 Å². The molecule has 1 spiro atoms. The Labute approximate surface area is 208 Å². The molecule has 3 aliphatic heterocycles. The van der Waals surface area contributed by atoms with Crippen molar-refractivity contribution >= 4 is 22.6 Å². The molecule has 10 nitrogen and oxygen atoms in total. The fraction of sp³-hybridized carbons (Fsp3) is 0.500.